The Balaban J connectivity index is 0.936. The Kier molecular flexibility index (Phi) is 7.33. The highest BCUT2D eigenvalue weighted by molar-refractivity contribution is 6.13. The molecule has 0 N–H and O–H groups in total. The standard InChI is InChI=1S/C60H42N2O/c1-3-13-38(14-4-1)39-21-25-42(26-22-39)61-54-18-8-5-15-45(54)47-29-24-41(34-56(47)61)40-23-28-44-50-37-57-51(36-53(50)60(52(44)33-40)31-11-2-12-32-60)46-16-6-9-19-55(46)62(57)43-27-30-49-48-17-7-10-20-58(48)63-59(49)35-43/h1,3-10,13-30,33-37H,2,11-12,31-32H2. The summed E-state index contributed by atoms with van der Waals surface area (Å²) in [5.41, 5.74) is 19.8. The van der Waals surface area contributed by atoms with Gasteiger partial charge >= 0.3 is 0 Å². The van der Waals surface area contributed by atoms with E-state index in [2.05, 4.69) is 197 Å². The summed E-state index contributed by atoms with van der Waals surface area (Å²) in [6, 6.07) is 72.2. The molecule has 2 aliphatic rings. The van der Waals surface area contributed by atoms with Gasteiger partial charge in [-0.05, 0) is 124 Å². The molecule has 0 aliphatic heterocycles. The van der Waals surface area contributed by atoms with Crippen LogP contribution in [-0.2, 0) is 5.41 Å². The molecule has 1 saturated carbocycles. The van der Waals surface area contributed by atoms with Gasteiger partial charge in [-0.2, -0.15) is 0 Å². The SMILES string of the molecule is c1ccc(-c2ccc(-n3c4ccccc4c4ccc(-c5ccc6c(c5)C5(CCCCC5)c5cc7c8ccccc8n(-c8ccc9c(c8)oc8ccccc89)c7cc5-6)cc43)cc2)cc1. The topological polar surface area (TPSA) is 23.0 Å². The smallest absolute Gasteiger partial charge is 0.137 e. The highest BCUT2D eigenvalue weighted by Crippen LogP contribution is 2.58. The molecule has 3 heterocycles. The minimum atomic E-state index is -0.0109. The minimum Gasteiger partial charge on any atom is -0.456 e. The van der Waals surface area contributed by atoms with Crippen molar-refractivity contribution in [2.24, 2.45) is 0 Å². The molecule has 0 saturated heterocycles. The summed E-state index contributed by atoms with van der Waals surface area (Å²) in [6.07, 6.45) is 6.14. The fourth-order valence-corrected chi connectivity index (χ4v) is 11.8. The Morgan fingerprint density at radius 1 is 0.333 bits per heavy atom. The van der Waals surface area contributed by atoms with Crippen molar-refractivity contribution < 1.29 is 4.42 Å². The Bertz CT molecular complexity index is 3820. The normalized spacial score (nSPS) is 14.5. The second kappa shape index (κ2) is 13.2. The van der Waals surface area contributed by atoms with E-state index < -0.39 is 0 Å². The molecule has 63 heavy (non-hydrogen) atoms. The lowest BCUT2D eigenvalue weighted by Gasteiger charge is -2.36. The van der Waals surface area contributed by atoms with E-state index in [0.29, 0.717) is 0 Å². The van der Waals surface area contributed by atoms with Crippen LogP contribution in [0.15, 0.2) is 199 Å². The molecule has 1 fully saturated rings. The maximum absolute atomic E-state index is 6.43. The van der Waals surface area contributed by atoms with Gasteiger partial charge < -0.3 is 13.6 Å². The third-order valence-electron chi connectivity index (χ3n) is 14.7. The summed E-state index contributed by atoms with van der Waals surface area (Å²) in [7, 11) is 0. The predicted octanol–water partition coefficient (Wildman–Crippen LogP) is 16.3. The number of rotatable bonds is 4. The Labute approximate surface area is 365 Å². The number of furan rings is 1. The monoisotopic (exact) mass is 806 g/mol. The van der Waals surface area contributed by atoms with E-state index in [1.165, 1.54) is 126 Å². The molecule has 298 valence electrons. The van der Waals surface area contributed by atoms with Gasteiger partial charge in [0.1, 0.15) is 11.2 Å². The van der Waals surface area contributed by atoms with Gasteiger partial charge in [0.15, 0.2) is 0 Å². The summed E-state index contributed by atoms with van der Waals surface area (Å²) in [4.78, 5) is 0. The van der Waals surface area contributed by atoms with Crippen molar-refractivity contribution in [3.63, 3.8) is 0 Å². The maximum Gasteiger partial charge on any atom is 0.137 e. The molecular weight excluding hydrogens is 765 g/mol. The summed E-state index contributed by atoms with van der Waals surface area (Å²) >= 11 is 0. The van der Waals surface area contributed by atoms with E-state index in [1.807, 2.05) is 6.07 Å². The van der Waals surface area contributed by atoms with E-state index >= 15 is 0 Å². The third-order valence-corrected chi connectivity index (χ3v) is 14.7. The van der Waals surface area contributed by atoms with Gasteiger partial charge in [0.25, 0.3) is 0 Å². The van der Waals surface area contributed by atoms with Crippen LogP contribution in [0.1, 0.15) is 43.2 Å². The zero-order valence-corrected chi connectivity index (χ0v) is 34.8. The van der Waals surface area contributed by atoms with Crippen LogP contribution in [0, 0.1) is 0 Å². The van der Waals surface area contributed by atoms with Crippen molar-refractivity contribution in [2.75, 3.05) is 0 Å². The van der Waals surface area contributed by atoms with Crippen molar-refractivity contribution in [1.29, 1.82) is 0 Å². The van der Waals surface area contributed by atoms with E-state index in [1.54, 1.807) is 0 Å². The van der Waals surface area contributed by atoms with Crippen LogP contribution in [0.2, 0.25) is 0 Å². The van der Waals surface area contributed by atoms with Crippen LogP contribution in [0.5, 0.6) is 0 Å². The number of benzene rings is 9. The van der Waals surface area contributed by atoms with Gasteiger partial charge in [-0.1, -0.05) is 141 Å². The maximum atomic E-state index is 6.43. The van der Waals surface area contributed by atoms with Crippen LogP contribution in [0.25, 0.3) is 110 Å². The van der Waals surface area contributed by atoms with Gasteiger partial charge in [-0.3, -0.25) is 0 Å². The lowest BCUT2D eigenvalue weighted by atomic mass is 9.67. The van der Waals surface area contributed by atoms with Crippen LogP contribution >= 0.6 is 0 Å². The van der Waals surface area contributed by atoms with Crippen LogP contribution < -0.4 is 0 Å². The molecule has 14 rings (SSSR count). The van der Waals surface area contributed by atoms with Crippen LogP contribution in [-0.4, -0.2) is 9.13 Å². The number of para-hydroxylation sites is 3. The zero-order chi connectivity index (χ0) is 41.2. The fourth-order valence-electron chi connectivity index (χ4n) is 11.8. The lowest BCUT2D eigenvalue weighted by Crippen LogP contribution is -2.28. The molecule has 2 aliphatic carbocycles. The number of hydrogen-bond acceptors (Lipinski definition) is 1. The molecule has 0 unspecified atom stereocenters. The molecule has 0 atom stereocenters. The average molecular weight is 807 g/mol. The Morgan fingerprint density at radius 2 is 0.889 bits per heavy atom. The highest BCUT2D eigenvalue weighted by atomic mass is 16.3. The fraction of sp³-hybridized carbons (Fsp3) is 0.100. The van der Waals surface area contributed by atoms with E-state index in [0.717, 1.165) is 27.6 Å². The molecular formula is C60H42N2O. The predicted molar refractivity (Wildman–Crippen MR) is 263 cm³/mol. The summed E-state index contributed by atoms with van der Waals surface area (Å²) in [5, 5.41) is 7.47. The Morgan fingerprint density at radius 3 is 1.70 bits per heavy atom. The number of hydrogen-bond donors (Lipinski definition) is 0. The molecule has 3 heteroatoms. The first-order valence-electron chi connectivity index (χ1n) is 22.5. The summed E-state index contributed by atoms with van der Waals surface area (Å²) in [5.74, 6) is 0. The molecule has 0 bridgehead atoms. The van der Waals surface area contributed by atoms with E-state index in [-0.39, 0.29) is 5.41 Å². The molecule has 12 aromatic rings. The van der Waals surface area contributed by atoms with Gasteiger partial charge in [0.05, 0.1) is 22.1 Å². The van der Waals surface area contributed by atoms with E-state index in [9.17, 15) is 0 Å². The van der Waals surface area contributed by atoms with Crippen molar-refractivity contribution >= 4 is 65.6 Å². The number of aromatic nitrogens is 2. The van der Waals surface area contributed by atoms with Crippen molar-refractivity contribution in [3.8, 4) is 44.8 Å². The number of nitrogens with zero attached hydrogens (tertiary/aromatic N) is 2. The zero-order valence-electron chi connectivity index (χ0n) is 34.8. The van der Waals surface area contributed by atoms with Crippen LogP contribution in [0.3, 0.4) is 0 Å². The summed E-state index contributed by atoms with van der Waals surface area (Å²) in [6.45, 7) is 0. The summed E-state index contributed by atoms with van der Waals surface area (Å²) < 4.78 is 11.3. The lowest BCUT2D eigenvalue weighted by molar-refractivity contribution is 0.353. The molecule has 0 amide bonds. The number of fused-ring (bicyclic) bond motifs is 14. The van der Waals surface area contributed by atoms with Crippen LogP contribution in [0.4, 0.5) is 0 Å². The molecule has 9 aromatic carbocycles. The average Bonchev–Trinajstić information content (AvgIpc) is 4.06. The molecule has 3 aromatic heterocycles. The van der Waals surface area contributed by atoms with Crippen molar-refractivity contribution in [2.45, 2.75) is 37.5 Å². The van der Waals surface area contributed by atoms with Gasteiger partial charge in [-0.15, -0.1) is 0 Å². The second-order valence-electron chi connectivity index (χ2n) is 17.9. The first-order chi connectivity index (χ1) is 31.2. The van der Waals surface area contributed by atoms with Gasteiger partial charge in [-0.25, -0.2) is 0 Å². The van der Waals surface area contributed by atoms with Gasteiger partial charge in [0.2, 0.25) is 0 Å². The first kappa shape index (κ1) is 35.0. The van der Waals surface area contributed by atoms with Crippen molar-refractivity contribution in [1.82, 2.24) is 9.13 Å². The largest absolute Gasteiger partial charge is 0.456 e. The molecule has 3 nitrogen and oxygen atoms in total. The quantitative estimate of drug-likeness (QED) is 0.174. The van der Waals surface area contributed by atoms with E-state index in [4.69, 9.17) is 4.42 Å². The highest BCUT2D eigenvalue weighted by Gasteiger charge is 2.44. The molecule has 0 radical (unpaired) electrons. The third kappa shape index (κ3) is 5.02. The first-order valence-corrected chi connectivity index (χ1v) is 22.5. The van der Waals surface area contributed by atoms with Gasteiger partial charge in [0, 0.05) is 55.2 Å². The Hall–Kier alpha value is -7.62. The van der Waals surface area contributed by atoms with Crippen molar-refractivity contribution in [3.05, 3.63) is 205 Å². The molecule has 1 spiro atoms. The minimum absolute atomic E-state index is 0.0109. The second-order valence-corrected chi connectivity index (χ2v) is 17.9.